The van der Waals surface area contributed by atoms with Crippen LogP contribution >= 0.6 is 0 Å². The molecule has 0 aliphatic rings. The number of carboxylic acid groups (broad SMARTS) is 3. The lowest BCUT2D eigenvalue weighted by molar-refractivity contribution is -0.137. The maximum Gasteiger partial charge on any atom is 0.335 e. The maximum absolute atomic E-state index is 10.2. The quantitative estimate of drug-likeness (QED) is 0.777. The van der Waals surface area contributed by atoms with Crippen LogP contribution in [0.5, 0.6) is 0 Å². The van der Waals surface area contributed by atoms with E-state index >= 15 is 0 Å². The van der Waals surface area contributed by atoms with Crippen molar-refractivity contribution in [3.8, 4) is 0 Å². The molecule has 0 aliphatic carbocycles. The first-order valence-corrected chi connectivity index (χ1v) is 5.50. The maximum atomic E-state index is 10.2. The minimum Gasteiger partial charge on any atom is -0.481 e. The van der Waals surface area contributed by atoms with Crippen LogP contribution in [0.25, 0.3) is 0 Å². The fraction of sp³-hybridized carbons (Fsp3) is 0.308. The van der Waals surface area contributed by atoms with Gasteiger partial charge in [-0.15, -0.1) is 0 Å². The van der Waals surface area contributed by atoms with E-state index in [1.54, 1.807) is 30.3 Å². The molecule has 0 spiro atoms. The van der Waals surface area contributed by atoms with Crippen molar-refractivity contribution in [3.05, 3.63) is 35.9 Å². The number of aliphatic carboxylic acids is 2. The molecule has 0 heterocycles. The molecule has 0 saturated carbocycles. The van der Waals surface area contributed by atoms with E-state index in [1.165, 1.54) is 0 Å². The van der Waals surface area contributed by atoms with Crippen LogP contribution in [0.1, 0.15) is 37.0 Å². The van der Waals surface area contributed by atoms with Crippen LogP contribution in [0.3, 0.4) is 0 Å². The van der Waals surface area contributed by atoms with Crippen molar-refractivity contribution in [2.45, 2.75) is 26.7 Å². The summed E-state index contributed by atoms with van der Waals surface area (Å²) in [6.45, 7) is 2.92. The van der Waals surface area contributed by atoms with Crippen LogP contribution in [0.15, 0.2) is 30.3 Å². The van der Waals surface area contributed by atoms with Gasteiger partial charge < -0.3 is 15.3 Å². The number of rotatable bonds is 3. The molecule has 0 aromatic heterocycles. The van der Waals surface area contributed by atoms with Crippen molar-refractivity contribution < 1.29 is 29.7 Å². The predicted octanol–water partition coefficient (Wildman–Crippen LogP) is 2.35. The highest BCUT2D eigenvalue weighted by molar-refractivity contribution is 5.87. The average Bonchev–Trinajstić information content (AvgIpc) is 2.30. The summed E-state index contributed by atoms with van der Waals surface area (Å²) >= 11 is 0. The summed E-state index contributed by atoms with van der Waals surface area (Å²) < 4.78 is 0. The summed E-state index contributed by atoms with van der Waals surface area (Å²) in [4.78, 5) is 28.8. The number of aromatic carboxylic acids is 1. The molecule has 106 valence electrons. The van der Waals surface area contributed by atoms with Gasteiger partial charge in [0.25, 0.3) is 5.97 Å². The van der Waals surface area contributed by atoms with Gasteiger partial charge in [0.05, 0.1) is 5.56 Å². The topological polar surface area (TPSA) is 112 Å². The third-order valence-corrected chi connectivity index (χ3v) is 1.48. The zero-order valence-electron chi connectivity index (χ0n) is 10.9. The normalized spacial score (nSPS) is 8.11. The number of carbonyl (C=O) groups is 3. The minimum atomic E-state index is -0.879. The Bertz CT molecular complexity index is 381. The van der Waals surface area contributed by atoms with Gasteiger partial charge in [-0.2, -0.15) is 0 Å². The van der Waals surface area contributed by atoms with E-state index in [1.807, 2.05) is 6.92 Å². The van der Waals surface area contributed by atoms with Crippen LogP contribution < -0.4 is 0 Å². The lowest BCUT2D eigenvalue weighted by Crippen LogP contribution is -1.93. The molecule has 0 saturated heterocycles. The van der Waals surface area contributed by atoms with Gasteiger partial charge in [0.15, 0.2) is 0 Å². The van der Waals surface area contributed by atoms with Crippen molar-refractivity contribution in [2.24, 2.45) is 0 Å². The van der Waals surface area contributed by atoms with E-state index in [-0.39, 0.29) is 0 Å². The second-order valence-corrected chi connectivity index (χ2v) is 3.33. The van der Waals surface area contributed by atoms with Gasteiger partial charge in [-0.25, -0.2) is 4.79 Å². The predicted molar refractivity (Wildman–Crippen MR) is 69.3 cm³/mol. The molecule has 1 aromatic rings. The number of benzene rings is 1. The third kappa shape index (κ3) is 18.2. The molecule has 0 bridgehead atoms. The fourth-order valence-electron chi connectivity index (χ4n) is 0.795. The Balaban J connectivity index is 0. The summed E-state index contributed by atoms with van der Waals surface area (Å²) in [5.41, 5.74) is 0.331. The van der Waals surface area contributed by atoms with Crippen molar-refractivity contribution in [1.82, 2.24) is 0 Å². The van der Waals surface area contributed by atoms with Crippen molar-refractivity contribution in [2.75, 3.05) is 0 Å². The molecular weight excluding hydrogens is 252 g/mol. The van der Waals surface area contributed by atoms with Gasteiger partial charge in [0, 0.05) is 13.3 Å². The summed E-state index contributed by atoms with van der Waals surface area (Å²) in [5, 5.41) is 23.7. The molecule has 0 fully saturated rings. The highest BCUT2D eigenvalue weighted by Gasteiger charge is 1.96. The van der Waals surface area contributed by atoms with Crippen LogP contribution in [0.2, 0.25) is 0 Å². The van der Waals surface area contributed by atoms with Gasteiger partial charge in [-0.1, -0.05) is 25.1 Å². The molecule has 19 heavy (non-hydrogen) atoms. The second-order valence-electron chi connectivity index (χ2n) is 3.33. The van der Waals surface area contributed by atoms with E-state index < -0.39 is 17.9 Å². The Hall–Kier alpha value is -2.37. The van der Waals surface area contributed by atoms with Gasteiger partial charge in [-0.3, -0.25) is 9.59 Å². The van der Waals surface area contributed by atoms with Crippen molar-refractivity contribution in [3.63, 3.8) is 0 Å². The first kappa shape index (κ1) is 19.0. The Labute approximate surface area is 111 Å². The molecule has 6 nitrogen and oxygen atoms in total. The van der Waals surface area contributed by atoms with Gasteiger partial charge in [0.1, 0.15) is 0 Å². The SMILES string of the molecule is CC(=O)O.CCCC(=O)O.O=C(O)c1ccccc1. The Kier molecular flexibility index (Phi) is 12.1. The van der Waals surface area contributed by atoms with Gasteiger partial charge in [0.2, 0.25) is 0 Å². The van der Waals surface area contributed by atoms with E-state index in [0.29, 0.717) is 12.0 Å². The Morgan fingerprint density at radius 3 is 1.58 bits per heavy atom. The lowest BCUT2D eigenvalue weighted by Gasteiger charge is -1.88. The second kappa shape index (κ2) is 12.1. The molecule has 1 rings (SSSR count). The molecule has 1 aromatic carbocycles. The summed E-state index contributed by atoms with van der Waals surface area (Å²) in [7, 11) is 0. The Morgan fingerprint density at radius 2 is 1.42 bits per heavy atom. The smallest absolute Gasteiger partial charge is 0.335 e. The average molecular weight is 270 g/mol. The largest absolute Gasteiger partial charge is 0.481 e. The first-order valence-electron chi connectivity index (χ1n) is 5.50. The van der Waals surface area contributed by atoms with E-state index in [0.717, 1.165) is 13.3 Å². The van der Waals surface area contributed by atoms with E-state index in [4.69, 9.17) is 20.1 Å². The summed E-state index contributed by atoms with van der Waals surface area (Å²) in [6.07, 6.45) is 1.02. The van der Waals surface area contributed by atoms with Crippen LogP contribution in [0, 0.1) is 0 Å². The number of carboxylic acids is 3. The molecule has 0 aliphatic heterocycles. The number of hydrogen-bond acceptors (Lipinski definition) is 3. The summed E-state index contributed by atoms with van der Waals surface area (Å²) in [6, 6.07) is 8.30. The molecule has 3 N–H and O–H groups in total. The van der Waals surface area contributed by atoms with Crippen molar-refractivity contribution in [1.29, 1.82) is 0 Å². The molecule has 0 unspecified atom stereocenters. The van der Waals surface area contributed by atoms with Crippen LogP contribution in [-0.2, 0) is 9.59 Å². The standard InChI is InChI=1S/C7H6O2.C4H8O2.C2H4O2/c8-7(9)6-4-2-1-3-5-6;1-2-3-4(5)6;1-2(3)4/h1-5H,(H,8,9);2-3H2,1H3,(H,5,6);1H3,(H,3,4). The molecule has 0 amide bonds. The highest BCUT2D eigenvalue weighted by atomic mass is 16.4. The molecule has 0 atom stereocenters. The molecular formula is C13H18O6. The summed E-state index contributed by atoms with van der Waals surface area (Å²) in [5.74, 6) is -2.42. The minimum absolute atomic E-state index is 0.292. The fourth-order valence-corrected chi connectivity index (χ4v) is 0.795. The highest BCUT2D eigenvalue weighted by Crippen LogP contribution is 1.96. The molecule has 6 heteroatoms. The van der Waals surface area contributed by atoms with E-state index in [2.05, 4.69) is 0 Å². The van der Waals surface area contributed by atoms with Crippen LogP contribution in [0.4, 0.5) is 0 Å². The number of hydrogen-bond donors (Lipinski definition) is 3. The zero-order chi connectivity index (χ0) is 15.3. The molecule has 0 radical (unpaired) electrons. The van der Waals surface area contributed by atoms with Gasteiger partial charge in [-0.05, 0) is 18.6 Å². The van der Waals surface area contributed by atoms with E-state index in [9.17, 15) is 9.59 Å². The van der Waals surface area contributed by atoms with Gasteiger partial charge >= 0.3 is 11.9 Å². The monoisotopic (exact) mass is 270 g/mol. The third-order valence-electron chi connectivity index (χ3n) is 1.48. The van der Waals surface area contributed by atoms with Crippen molar-refractivity contribution >= 4 is 17.9 Å². The Morgan fingerprint density at radius 1 is 1.00 bits per heavy atom. The first-order chi connectivity index (χ1) is 8.81. The lowest BCUT2D eigenvalue weighted by atomic mass is 10.2. The van der Waals surface area contributed by atoms with Crippen LogP contribution in [-0.4, -0.2) is 33.2 Å². The zero-order valence-corrected chi connectivity index (χ0v) is 10.9.